The Hall–Kier alpha value is -2.78. The predicted molar refractivity (Wildman–Crippen MR) is 114 cm³/mol. The number of rotatable bonds is 6. The Balaban J connectivity index is 1.41. The van der Waals surface area contributed by atoms with E-state index in [9.17, 15) is 15.0 Å². The first-order chi connectivity index (χ1) is 14.5. The van der Waals surface area contributed by atoms with E-state index in [0.29, 0.717) is 36.6 Å². The predicted octanol–water partition coefficient (Wildman–Crippen LogP) is 1.12. The lowest BCUT2D eigenvalue weighted by Gasteiger charge is -2.32. The molecule has 2 aliphatic heterocycles. The van der Waals surface area contributed by atoms with Gasteiger partial charge in [0.05, 0.1) is 18.5 Å². The van der Waals surface area contributed by atoms with Gasteiger partial charge in [0, 0.05) is 44.7 Å². The van der Waals surface area contributed by atoms with Crippen molar-refractivity contribution in [2.24, 2.45) is 5.10 Å². The van der Waals surface area contributed by atoms with Gasteiger partial charge >= 0.3 is 5.69 Å². The average molecular weight is 415 g/mol. The van der Waals surface area contributed by atoms with Gasteiger partial charge in [-0.15, -0.1) is 0 Å². The Kier molecular flexibility index (Phi) is 6.10. The Morgan fingerprint density at radius 1 is 1.10 bits per heavy atom. The van der Waals surface area contributed by atoms with Crippen molar-refractivity contribution < 1.29 is 14.9 Å². The minimum Gasteiger partial charge on any atom is -0.508 e. The van der Waals surface area contributed by atoms with Crippen molar-refractivity contribution in [3.63, 3.8) is 0 Å². The lowest BCUT2D eigenvalue weighted by molar-refractivity contribution is 0.151. The highest BCUT2D eigenvalue weighted by Crippen LogP contribution is 2.28. The number of benzene rings is 1. The second-order valence-corrected chi connectivity index (χ2v) is 7.94. The number of imidazole rings is 1. The molecule has 0 saturated carbocycles. The summed E-state index contributed by atoms with van der Waals surface area (Å²) in [6.07, 6.45) is 3.64. The molecule has 30 heavy (non-hydrogen) atoms. The summed E-state index contributed by atoms with van der Waals surface area (Å²) in [6, 6.07) is 4.82. The molecule has 0 bridgehead atoms. The summed E-state index contributed by atoms with van der Waals surface area (Å²) in [4.78, 5) is 17.5. The van der Waals surface area contributed by atoms with Crippen molar-refractivity contribution in [2.45, 2.75) is 25.8 Å². The second kappa shape index (κ2) is 8.93. The molecule has 9 nitrogen and oxygen atoms in total. The second-order valence-electron chi connectivity index (χ2n) is 7.94. The first-order valence-electron chi connectivity index (χ1n) is 10.5. The van der Waals surface area contributed by atoms with Crippen LogP contribution in [0.4, 0.5) is 0 Å². The Bertz CT molecular complexity index is 972. The number of phenolic OH excluding ortho intramolecular Hbond substituents is 1. The Morgan fingerprint density at radius 3 is 2.67 bits per heavy atom. The van der Waals surface area contributed by atoms with Crippen LogP contribution in [0.1, 0.15) is 24.8 Å². The fourth-order valence-electron chi connectivity index (χ4n) is 3.91. The third-order valence-electron chi connectivity index (χ3n) is 5.74. The van der Waals surface area contributed by atoms with Gasteiger partial charge < -0.3 is 24.7 Å². The fourth-order valence-corrected chi connectivity index (χ4v) is 3.91. The molecule has 0 spiro atoms. The van der Waals surface area contributed by atoms with Crippen LogP contribution < -0.4 is 10.4 Å². The molecular formula is C21H29N5O4. The van der Waals surface area contributed by atoms with Crippen molar-refractivity contribution in [1.82, 2.24) is 19.0 Å². The summed E-state index contributed by atoms with van der Waals surface area (Å²) in [5, 5.41) is 24.5. The van der Waals surface area contributed by atoms with Gasteiger partial charge in [0.25, 0.3) is 0 Å². The van der Waals surface area contributed by atoms with E-state index >= 15 is 0 Å². The van der Waals surface area contributed by atoms with E-state index in [-0.39, 0.29) is 17.3 Å². The molecule has 2 aliphatic rings. The van der Waals surface area contributed by atoms with Crippen molar-refractivity contribution in [3.8, 4) is 17.4 Å². The minimum atomic E-state index is -0.368. The molecule has 0 unspecified atom stereocenters. The van der Waals surface area contributed by atoms with Crippen LogP contribution in [0.25, 0.3) is 0 Å². The van der Waals surface area contributed by atoms with Gasteiger partial charge in [-0.05, 0) is 44.6 Å². The van der Waals surface area contributed by atoms with Gasteiger partial charge in [-0.25, -0.2) is 4.79 Å². The summed E-state index contributed by atoms with van der Waals surface area (Å²) in [6.45, 7) is 6.26. The van der Waals surface area contributed by atoms with Gasteiger partial charge in [-0.2, -0.15) is 9.78 Å². The van der Waals surface area contributed by atoms with Crippen molar-refractivity contribution in [1.29, 1.82) is 0 Å². The average Bonchev–Trinajstić information content (AvgIpc) is 3.00. The van der Waals surface area contributed by atoms with E-state index in [1.807, 2.05) is 0 Å². The molecule has 2 N–H and O–H groups in total. The lowest BCUT2D eigenvalue weighted by atomic mass is 10.0. The maximum absolute atomic E-state index is 12.7. The molecule has 162 valence electrons. The number of unbranched alkanes of at least 4 members (excludes halogenated alkanes) is 1. The number of hydrogen-bond acceptors (Lipinski definition) is 7. The van der Waals surface area contributed by atoms with Crippen molar-refractivity contribution >= 4 is 5.71 Å². The van der Waals surface area contributed by atoms with Crippen LogP contribution >= 0.6 is 0 Å². The molecular weight excluding hydrogens is 386 g/mol. The molecule has 4 rings (SSSR count). The SMILES string of the molecule is CN1CCN(CCCCn2c(O)cn(/N=C3\CCOc4ccc(O)cc43)c2=O)CC1. The van der Waals surface area contributed by atoms with Gasteiger partial charge in [-0.3, -0.25) is 4.57 Å². The quantitative estimate of drug-likeness (QED) is 0.687. The number of hydrogen-bond donors (Lipinski definition) is 2. The number of piperazine rings is 1. The van der Waals surface area contributed by atoms with Crippen molar-refractivity contribution in [3.05, 3.63) is 40.4 Å². The van der Waals surface area contributed by atoms with Crippen LogP contribution in [0.5, 0.6) is 17.4 Å². The molecule has 1 aromatic heterocycles. The number of aromatic nitrogens is 2. The molecule has 3 heterocycles. The summed E-state index contributed by atoms with van der Waals surface area (Å²) in [5.74, 6) is 0.644. The molecule has 1 saturated heterocycles. The highest BCUT2D eigenvalue weighted by atomic mass is 16.5. The summed E-state index contributed by atoms with van der Waals surface area (Å²) in [5.41, 5.74) is 0.932. The molecule has 0 amide bonds. The van der Waals surface area contributed by atoms with Gasteiger partial charge in [-0.1, -0.05) is 0 Å². The highest BCUT2D eigenvalue weighted by molar-refractivity contribution is 6.04. The number of phenols is 1. The largest absolute Gasteiger partial charge is 0.508 e. The number of nitrogens with zero attached hydrogens (tertiary/aromatic N) is 5. The summed E-state index contributed by atoms with van der Waals surface area (Å²) >= 11 is 0. The Labute approximate surface area is 175 Å². The zero-order valence-corrected chi connectivity index (χ0v) is 17.3. The molecule has 0 radical (unpaired) electrons. The smallest absolute Gasteiger partial charge is 0.351 e. The molecule has 9 heteroatoms. The van der Waals surface area contributed by atoms with Crippen LogP contribution in [0.3, 0.4) is 0 Å². The number of likely N-dealkylation sites (N-methyl/N-ethyl adjacent to an activating group) is 1. The van der Waals surface area contributed by atoms with E-state index in [1.165, 1.54) is 15.4 Å². The molecule has 0 atom stereocenters. The Morgan fingerprint density at radius 2 is 1.87 bits per heavy atom. The zero-order valence-electron chi connectivity index (χ0n) is 17.3. The van der Waals surface area contributed by atoms with Gasteiger partial charge in [0.1, 0.15) is 11.5 Å². The monoisotopic (exact) mass is 415 g/mol. The normalized spacial score (nSPS) is 19.0. The van der Waals surface area contributed by atoms with Crippen LogP contribution in [0, 0.1) is 0 Å². The van der Waals surface area contributed by atoms with Gasteiger partial charge in [0.2, 0.25) is 5.88 Å². The van der Waals surface area contributed by atoms with Gasteiger partial charge in [0.15, 0.2) is 0 Å². The molecule has 2 aromatic rings. The van der Waals surface area contributed by atoms with E-state index in [0.717, 1.165) is 45.6 Å². The first kappa shape index (κ1) is 20.5. The van der Waals surface area contributed by atoms with Crippen molar-refractivity contribution in [2.75, 3.05) is 46.4 Å². The molecule has 0 aliphatic carbocycles. The fraction of sp³-hybridized carbons (Fsp3) is 0.524. The zero-order chi connectivity index (χ0) is 21.1. The number of aromatic hydroxyl groups is 2. The van der Waals surface area contributed by atoms with E-state index < -0.39 is 0 Å². The maximum atomic E-state index is 12.7. The topological polar surface area (TPSA) is 95.5 Å². The third kappa shape index (κ3) is 4.52. The van der Waals surface area contributed by atoms with E-state index in [4.69, 9.17) is 4.74 Å². The standard InChI is InChI=1S/C21H29N5O4/c1-23-9-11-24(12-10-23)7-2-3-8-25-20(28)15-26(21(25)29)22-18-6-13-30-19-5-4-16(27)14-17(18)19/h4-5,14-15,27-28H,2-3,6-13H2,1H3/b22-18+. The van der Waals surface area contributed by atoms with Crippen LogP contribution in [0.15, 0.2) is 34.3 Å². The van der Waals surface area contributed by atoms with Crippen LogP contribution in [-0.4, -0.2) is 81.3 Å². The first-order valence-corrected chi connectivity index (χ1v) is 10.5. The maximum Gasteiger partial charge on any atom is 0.351 e. The highest BCUT2D eigenvalue weighted by Gasteiger charge is 2.19. The van der Waals surface area contributed by atoms with E-state index in [2.05, 4.69) is 21.9 Å². The van der Waals surface area contributed by atoms with Crippen LogP contribution in [0.2, 0.25) is 0 Å². The van der Waals surface area contributed by atoms with Crippen LogP contribution in [-0.2, 0) is 6.54 Å². The lowest BCUT2D eigenvalue weighted by Crippen LogP contribution is -2.44. The number of ether oxygens (including phenoxy) is 1. The minimum absolute atomic E-state index is 0.0906. The summed E-state index contributed by atoms with van der Waals surface area (Å²) < 4.78 is 8.12. The molecule has 1 aromatic carbocycles. The summed E-state index contributed by atoms with van der Waals surface area (Å²) in [7, 11) is 2.14. The molecule has 1 fully saturated rings. The third-order valence-corrected chi connectivity index (χ3v) is 5.74. The number of fused-ring (bicyclic) bond motifs is 1. The van der Waals surface area contributed by atoms with E-state index in [1.54, 1.807) is 18.2 Å².